The number of nitro groups is 1. The van der Waals surface area contributed by atoms with Crippen LogP contribution in [0.2, 0.25) is 0 Å². The summed E-state index contributed by atoms with van der Waals surface area (Å²) in [6, 6.07) is 5.05. The number of carbonyl (C=O) groups excluding carboxylic acids is 1. The van der Waals surface area contributed by atoms with E-state index in [9.17, 15) is 14.9 Å². The lowest BCUT2D eigenvalue weighted by atomic mass is 9.98. The minimum atomic E-state index is -0.611. The summed E-state index contributed by atoms with van der Waals surface area (Å²) in [5, 5.41) is 13.8. The van der Waals surface area contributed by atoms with E-state index in [2.05, 4.69) is 21.2 Å². The number of halogens is 1. The number of benzene rings is 1. The first kappa shape index (κ1) is 14.9. The van der Waals surface area contributed by atoms with Crippen molar-refractivity contribution in [3.8, 4) is 0 Å². The highest BCUT2D eigenvalue weighted by Gasteiger charge is 2.37. The van der Waals surface area contributed by atoms with Crippen LogP contribution in [-0.2, 0) is 11.3 Å². The lowest BCUT2D eigenvalue weighted by Crippen LogP contribution is -2.61. The van der Waals surface area contributed by atoms with Crippen LogP contribution in [-0.4, -0.2) is 34.4 Å². The van der Waals surface area contributed by atoms with Crippen molar-refractivity contribution in [1.82, 2.24) is 10.2 Å². The van der Waals surface area contributed by atoms with E-state index in [1.54, 1.807) is 12.1 Å². The first-order chi connectivity index (χ1) is 9.32. The molecule has 1 aliphatic heterocycles. The van der Waals surface area contributed by atoms with E-state index < -0.39 is 10.5 Å². The molecule has 1 aliphatic rings. The molecule has 0 saturated carbocycles. The first-order valence-electron chi connectivity index (χ1n) is 6.28. The number of carbonyl (C=O) groups is 1. The minimum Gasteiger partial charge on any atom is -0.353 e. The first-order valence-corrected chi connectivity index (χ1v) is 7.08. The maximum atomic E-state index is 11.9. The largest absolute Gasteiger partial charge is 0.353 e. The molecule has 0 aliphatic carbocycles. The monoisotopic (exact) mass is 341 g/mol. The Bertz CT molecular complexity index is 560. The van der Waals surface area contributed by atoms with E-state index in [1.165, 1.54) is 0 Å². The predicted octanol–water partition coefficient (Wildman–Crippen LogP) is 2.07. The van der Waals surface area contributed by atoms with E-state index >= 15 is 0 Å². The van der Waals surface area contributed by atoms with Crippen molar-refractivity contribution in [2.45, 2.75) is 25.9 Å². The molecule has 20 heavy (non-hydrogen) atoms. The minimum absolute atomic E-state index is 0.0182. The summed E-state index contributed by atoms with van der Waals surface area (Å²) >= 11 is 3.17. The molecule has 0 spiro atoms. The average molecular weight is 342 g/mol. The van der Waals surface area contributed by atoms with Crippen molar-refractivity contribution in [3.05, 3.63) is 38.3 Å². The molecule has 2 rings (SSSR count). The van der Waals surface area contributed by atoms with Gasteiger partial charge < -0.3 is 5.32 Å². The Morgan fingerprint density at radius 2 is 2.20 bits per heavy atom. The van der Waals surface area contributed by atoms with Crippen LogP contribution in [0.3, 0.4) is 0 Å². The zero-order valence-electron chi connectivity index (χ0n) is 11.4. The summed E-state index contributed by atoms with van der Waals surface area (Å²) < 4.78 is 0.460. The topological polar surface area (TPSA) is 75.5 Å². The molecule has 0 atom stereocenters. The number of rotatable bonds is 3. The van der Waals surface area contributed by atoms with Crippen molar-refractivity contribution >= 4 is 27.5 Å². The van der Waals surface area contributed by atoms with E-state index in [-0.39, 0.29) is 11.6 Å². The quantitative estimate of drug-likeness (QED) is 0.674. The Morgan fingerprint density at radius 3 is 2.85 bits per heavy atom. The molecule has 1 N–H and O–H groups in total. The average Bonchev–Trinajstić information content (AvgIpc) is 2.37. The van der Waals surface area contributed by atoms with Crippen LogP contribution in [0.1, 0.15) is 19.4 Å². The van der Waals surface area contributed by atoms with Gasteiger partial charge in [-0.05, 0) is 41.4 Å². The van der Waals surface area contributed by atoms with Gasteiger partial charge in [0.2, 0.25) is 5.91 Å². The summed E-state index contributed by atoms with van der Waals surface area (Å²) in [4.78, 5) is 24.4. The smallest absolute Gasteiger partial charge is 0.283 e. The summed E-state index contributed by atoms with van der Waals surface area (Å²) in [5.41, 5.74) is 0.254. The van der Waals surface area contributed by atoms with Gasteiger partial charge in [-0.15, -0.1) is 0 Å². The second-order valence-corrected chi connectivity index (χ2v) is 6.13. The molecule has 1 aromatic rings. The number of nitrogens with zero attached hydrogens (tertiary/aromatic N) is 2. The molecule has 1 saturated heterocycles. The van der Waals surface area contributed by atoms with Gasteiger partial charge in [-0.2, -0.15) is 0 Å². The number of piperazine rings is 1. The van der Waals surface area contributed by atoms with E-state index in [0.717, 1.165) is 12.1 Å². The van der Waals surface area contributed by atoms with Crippen molar-refractivity contribution in [2.75, 3.05) is 13.1 Å². The molecule has 0 bridgehead atoms. The third-order valence-corrected chi connectivity index (χ3v) is 4.26. The van der Waals surface area contributed by atoms with Crippen LogP contribution < -0.4 is 5.32 Å². The zero-order chi connectivity index (χ0) is 14.9. The molecule has 1 amide bonds. The highest BCUT2D eigenvalue weighted by molar-refractivity contribution is 9.10. The third kappa shape index (κ3) is 2.83. The van der Waals surface area contributed by atoms with Crippen molar-refractivity contribution < 1.29 is 9.72 Å². The molecule has 6 nitrogen and oxygen atoms in total. The number of amides is 1. The molecular formula is C13H16BrN3O3. The Morgan fingerprint density at radius 1 is 1.50 bits per heavy atom. The second kappa shape index (κ2) is 5.49. The molecule has 1 fully saturated rings. The van der Waals surface area contributed by atoms with Crippen molar-refractivity contribution in [2.24, 2.45) is 0 Å². The van der Waals surface area contributed by atoms with Crippen LogP contribution in [0, 0.1) is 10.1 Å². The summed E-state index contributed by atoms with van der Waals surface area (Å²) in [6.07, 6.45) is 0. The van der Waals surface area contributed by atoms with Crippen molar-refractivity contribution in [1.29, 1.82) is 0 Å². The molecule has 7 heteroatoms. The van der Waals surface area contributed by atoms with Gasteiger partial charge in [0.1, 0.15) is 0 Å². The fraction of sp³-hybridized carbons (Fsp3) is 0.462. The maximum Gasteiger partial charge on any atom is 0.283 e. The van der Waals surface area contributed by atoms with E-state index in [4.69, 9.17) is 0 Å². The summed E-state index contributed by atoms with van der Waals surface area (Å²) in [6.45, 7) is 5.54. The maximum absolute atomic E-state index is 11.9. The van der Waals surface area contributed by atoms with Crippen LogP contribution in [0.25, 0.3) is 0 Å². The molecule has 0 aromatic heterocycles. The lowest BCUT2D eigenvalue weighted by molar-refractivity contribution is -0.385. The van der Waals surface area contributed by atoms with E-state index in [1.807, 2.05) is 24.8 Å². The number of nitro benzene ring substituents is 1. The standard InChI is InChI=1S/C13H16BrN3O3/c1-13(2)12(18)15-5-6-16(13)8-9-3-4-10(14)11(7-9)17(19)20/h3-4,7H,5-6,8H2,1-2H3,(H,15,18). The Hall–Kier alpha value is -1.47. The zero-order valence-corrected chi connectivity index (χ0v) is 12.9. The number of hydrogen-bond donors (Lipinski definition) is 1. The highest BCUT2D eigenvalue weighted by Crippen LogP contribution is 2.27. The highest BCUT2D eigenvalue weighted by atomic mass is 79.9. The molecule has 1 aromatic carbocycles. The number of hydrogen-bond acceptors (Lipinski definition) is 4. The summed E-state index contributed by atoms with van der Waals surface area (Å²) in [7, 11) is 0. The van der Waals surface area contributed by atoms with Gasteiger partial charge in [0, 0.05) is 25.7 Å². The van der Waals surface area contributed by atoms with Gasteiger partial charge >= 0.3 is 0 Å². The lowest BCUT2D eigenvalue weighted by Gasteiger charge is -2.41. The Balaban J connectivity index is 2.23. The molecule has 0 radical (unpaired) electrons. The third-order valence-electron chi connectivity index (χ3n) is 3.59. The SMILES string of the molecule is CC1(C)C(=O)NCCN1Cc1ccc(Br)c([N+](=O)[O-])c1. The van der Waals surface area contributed by atoms with Crippen LogP contribution in [0.5, 0.6) is 0 Å². The Labute approximate surface area is 125 Å². The van der Waals surface area contributed by atoms with Gasteiger partial charge in [-0.25, -0.2) is 0 Å². The van der Waals surface area contributed by atoms with Crippen LogP contribution in [0.4, 0.5) is 5.69 Å². The fourth-order valence-electron chi connectivity index (χ4n) is 2.24. The number of nitrogens with one attached hydrogen (secondary N) is 1. The second-order valence-electron chi connectivity index (χ2n) is 5.28. The molecule has 1 heterocycles. The summed E-state index contributed by atoms with van der Waals surface area (Å²) in [5.74, 6) is -0.0182. The Kier molecular flexibility index (Phi) is 4.10. The van der Waals surface area contributed by atoms with Gasteiger partial charge in [0.05, 0.1) is 14.9 Å². The van der Waals surface area contributed by atoms with Gasteiger partial charge in [-0.1, -0.05) is 6.07 Å². The van der Waals surface area contributed by atoms with Crippen LogP contribution >= 0.6 is 15.9 Å². The van der Waals surface area contributed by atoms with Crippen LogP contribution in [0.15, 0.2) is 22.7 Å². The predicted molar refractivity (Wildman–Crippen MR) is 78.3 cm³/mol. The van der Waals surface area contributed by atoms with Gasteiger partial charge in [0.15, 0.2) is 0 Å². The molecule has 0 unspecified atom stereocenters. The molecular weight excluding hydrogens is 326 g/mol. The van der Waals surface area contributed by atoms with Gasteiger partial charge in [-0.3, -0.25) is 19.8 Å². The fourth-order valence-corrected chi connectivity index (χ4v) is 2.63. The molecule has 108 valence electrons. The van der Waals surface area contributed by atoms with E-state index in [0.29, 0.717) is 17.6 Å². The normalized spacial score (nSPS) is 18.6. The van der Waals surface area contributed by atoms with Gasteiger partial charge in [0.25, 0.3) is 5.69 Å². The van der Waals surface area contributed by atoms with Crippen molar-refractivity contribution in [3.63, 3.8) is 0 Å².